The van der Waals surface area contributed by atoms with Crippen LogP contribution < -0.4 is 5.32 Å². The van der Waals surface area contributed by atoms with Gasteiger partial charge in [-0.3, -0.25) is 4.79 Å². The van der Waals surface area contributed by atoms with Crippen LogP contribution >= 0.6 is 0 Å². The number of carbonyl (C=O) groups is 1. The van der Waals surface area contributed by atoms with Crippen LogP contribution in [0.1, 0.15) is 0 Å². The van der Waals surface area contributed by atoms with Crippen molar-refractivity contribution in [1.29, 1.82) is 0 Å². The lowest BCUT2D eigenvalue weighted by Gasteiger charge is -2.09. The van der Waals surface area contributed by atoms with Crippen molar-refractivity contribution in [3.05, 3.63) is 55.0 Å². The topological polar surface area (TPSA) is 50.2 Å². The van der Waals surface area contributed by atoms with E-state index in [1.807, 2.05) is 54.0 Å². The quantitative estimate of drug-likeness (QED) is 0.793. The van der Waals surface area contributed by atoms with Crippen molar-refractivity contribution >= 4 is 5.91 Å². The molecule has 0 aliphatic carbocycles. The fourth-order valence-electron chi connectivity index (χ4n) is 2.08. The van der Waals surface area contributed by atoms with Crippen molar-refractivity contribution in [2.75, 3.05) is 27.2 Å². The smallest absolute Gasteiger partial charge is 0.243 e. The molecule has 0 atom stereocenters. The highest BCUT2D eigenvalue weighted by molar-refractivity contribution is 5.87. The number of carbonyl (C=O) groups excluding carboxylic acids is 1. The summed E-state index contributed by atoms with van der Waals surface area (Å²) in [6.45, 7) is 2.02. The first-order valence-electron chi connectivity index (χ1n) is 7.31. The number of nitrogens with one attached hydrogen (secondary N) is 1. The summed E-state index contributed by atoms with van der Waals surface area (Å²) in [5.74, 6) is -0.0665. The minimum absolute atomic E-state index is 0.0665. The summed E-state index contributed by atoms with van der Waals surface area (Å²) in [7, 11) is 3.93. The number of hydrogen-bond acceptors (Lipinski definition) is 3. The Hall–Kier alpha value is -2.40. The van der Waals surface area contributed by atoms with E-state index in [0.29, 0.717) is 13.1 Å². The molecule has 1 heterocycles. The van der Waals surface area contributed by atoms with Crippen molar-refractivity contribution in [3.63, 3.8) is 0 Å². The van der Waals surface area contributed by atoms with Gasteiger partial charge in [0.05, 0.1) is 18.2 Å². The molecule has 1 amide bonds. The largest absolute Gasteiger partial charge is 0.351 e. The van der Waals surface area contributed by atoms with E-state index in [2.05, 4.69) is 22.4 Å². The van der Waals surface area contributed by atoms with E-state index in [-0.39, 0.29) is 5.91 Å². The first-order chi connectivity index (χ1) is 10.7. The Morgan fingerprint density at radius 1 is 1.32 bits per heavy atom. The third-order valence-corrected chi connectivity index (χ3v) is 3.17. The summed E-state index contributed by atoms with van der Waals surface area (Å²) in [5.41, 5.74) is 2.18. The minimum Gasteiger partial charge on any atom is -0.351 e. The van der Waals surface area contributed by atoms with Gasteiger partial charge in [-0.1, -0.05) is 36.4 Å². The van der Waals surface area contributed by atoms with Gasteiger partial charge in [0, 0.05) is 25.7 Å². The molecule has 1 N–H and O–H groups in total. The Bertz CT molecular complexity index is 617. The predicted octanol–water partition coefficient (Wildman–Crippen LogP) is 1.78. The van der Waals surface area contributed by atoms with Gasteiger partial charge in [0.2, 0.25) is 5.91 Å². The number of benzene rings is 1. The van der Waals surface area contributed by atoms with Crippen LogP contribution in [-0.4, -0.2) is 47.5 Å². The van der Waals surface area contributed by atoms with Crippen molar-refractivity contribution in [2.24, 2.45) is 0 Å². The van der Waals surface area contributed by atoms with Crippen molar-refractivity contribution in [3.8, 4) is 11.3 Å². The monoisotopic (exact) mass is 298 g/mol. The van der Waals surface area contributed by atoms with Gasteiger partial charge in [-0.2, -0.15) is 0 Å². The number of hydrogen-bond donors (Lipinski definition) is 1. The molecule has 116 valence electrons. The zero-order chi connectivity index (χ0) is 15.8. The SMILES string of the molecule is CN(C)C/C=C/C(=O)NCCn1cncc1-c1ccccc1. The molecule has 0 aliphatic heterocycles. The highest BCUT2D eigenvalue weighted by atomic mass is 16.1. The van der Waals surface area contributed by atoms with Crippen LogP contribution in [0.25, 0.3) is 11.3 Å². The van der Waals surface area contributed by atoms with E-state index in [1.54, 1.807) is 12.4 Å². The molecule has 0 aliphatic rings. The van der Waals surface area contributed by atoms with Gasteiger partial charge in [-0.25, -0.2) is 4.98 Å². The van der Waals surface area contributed by atoms with Crippen molar-refractivity contribution < 1.29 is 4.79 Å². The van der Waals surface area contributed by atoms with Crippen LogP contribution in [0.4, 0.5) is 0 Å². The molecule has 0 unspecified atom stereocenters. The maximum absolute atomic E-state index is 11.7. The Kier molecular flexibility index (Phi) is 5.91. The van der Waals surface area contributed by atoms with Gasteiger partial charge in [-0.15, -0.1) is 0 Å². The average Bonchev–Trinajstić information content (AvgIpc) is 2.96. The molecule has 5 nitrogen and oxygen atoms in total. The second-order valence-electron chi connectivity index (χ2n) is 5.29. The zero-order valence-corrected chi connectivity index (χ0v) is 13.1. The first kappa shape index (κ1) is 16.0. The third-order valence-electron chi connectivity index (χ3n) is 3.17. The van der Waals surface area contributed by atoms with Crippen molar-refractivity contribution in [2.45, 2.75) is 6.54 Å². The molecule has 0 saturated heterocycles. The Morgan fingerprint density at radius 3 is 2.82 bits per heavy atom. The third kappa shape index (κ3) is 4.86. The number of nitrogens with zero attached hydrogens (tertiary/aromatic N) is 3. The molecule has 2 aromatic rings. The number of likely N-dealkylation sites (N-methyl/N-ethyl adjacent to an activating group) is 1. The minimum atomic E-state index is -0.0665. The summed E-state index contributed by atoms with van der Waals surface area (Å²) >= 11 is 0. The summed E-state index contributed by atoms with van der Waals surface area (Å²) in [6.07, 6.45) is 7.05. The molecule has 5 heteroatoms. The van der Waals surface area contributed by atoms with Crippen LogP contribution in [0.3, 0.4) is 0 Å². The standard InChI is InChI=1S/C17H22N4O/c1-20(2)11-6-9-17(22)19-10-12-21-14-18-13-16(21)15-7-4-3-5-8-15/h3-9,13-14H,10-12H2,1-2H3,(H,19,22)/b9-6+. The molecular formula is C17H22N4O. The van der Waals surface area contributed by atoms with Gasteiger partial charge < -0.3 is 14.8 Å². The lowest BCUT2D eigenvalue weighted by Crippen LogP contribution is -2.25. The summed E-state index contributed by atoms with van der Waals surface area (Å²) in [5, 5.41) is 2.88. The normalized spacial score (nSPS) is 11.2. The molecule has 0 radical (unpaired) electrons. The van der Waals surface area contributed by atoms with E-state index < -0.39 is 0 Å². The molecule has 1 aromatic heterocycles. The fourth-order valence-corrected chi connectivity index (χ4v) is 2.08. The van der Waals surface area contributed by atoms with E-state index in [9.17, 15) is 4.79 Å². The molecule has 0 bridgehead atoms. The van der Waals surface area contributed by atoms with Crippen LogP contribution in [-0.2, 0) is 11.3 Å². The second kappa shape index (κ2) is 8.14. The maximum atomic E-state index is 11.7. The Balaban J connectivity index is 1.85. The van der Waals surface area contributed by atoms with E-state index in [1.165, 1.54) is 0 Å². The fraction of sp³-hybridized carbons (Fsp3) is 0.294. The molecular weight excluding hydrogens is 276 g/mol. The summed E-state index contributed by atoms with van der Waals surface area (Å²) < 4.78 is 2.04. The molecule has 2 rings (SSSR count). The zero-order valence-electron chi connectivity index (χ0n) is 13.1. The van der Waals surface area contributed by atoms with Crippen LogP contribution in [0.15, 0.2) is 55.0 Å². The number of aromatic nitrogens is 2. The van der Waals surface area contributed by atoms with E-state index >= 15 is 0 Å². The van der Waals surface area contributed by atoms with Crippen LogP contribution in [0, 0.1) is 0 Å². The molecule has 22 heavy (non-hydrogen) atoms. The lowest BCUT2D eigenvalue weighted by molar-refractivity contribution is -0.116. The van der Waals surface area contributed by atoms with Crippen LogP contribution in [0.5, 0.6) is 0 Å². The number of rotatable bonds is 7. The van der Waals surface area contributed by atoms with Crippen molar-refractivity contribution in [1.82, 2.24) is 19.8 Å². The first-order valence-corrected chi connectivity index (χ1v) is 7.31. The van der Waals surface area contributed by atoms with Crippen LogP contribution in [0.2, 0.25) is 0 Å². The van der Waals surface area contributed by atoms with Gasteiger partial charge >= 0.3 is 0 Å². The van der Waals surface area contributed by atoms with Gasteiger partial charge in [0.25, 0.3) is 0 Å². The highest BCUT2D eigenvalue weighted by Crippen LogP contribution is 2.17. The lowest BCUT2D eigenvalue weighted by atomic mass is 10.2. The summed E-state index contributed by atoms with van der Waals surface area (Å²) in [6, 6.07) is 10.1. The number of amides is 1. The molecule has 0 spiro atoms. The Morgan fingerprint density at radius 2 is 2.09 bits per heavy atom. The predicted molar refractivity (Wildman–Crippen MR) is 88.4 cm³/mol. The van der Waals surface area contributed by atoms with Gasteiger partial charge in [0.15, 0.2) is 0 Å². The highest BCUT2D eigenvalue weighted by Gasteiger charge is 2.04. The second-order valence-corrected chi connectivity index (χ2v) is 5.29. The summed E-state index contributed by atoms with van der Waals surface area (Å²) in [4.78, 5) is 17.9. The molecule has 0 saturated carbocycles. The van der Waals surface area contributed by atoms with Gasteiger partial charge in [0.1, 0.15) is 0 Å². The van der Waals surface area contributed by atoms with E-state index in [0.717, 1.165) is 17.8 Å². The number of imidazole rings is 1. The average molecular weight is 298 g/mol. The van der Waals surface area contributed by atoms with Gasteiger partial charge in [-0.05, 0) is 19.7 Å². The Labute approximate surface area is 131 Å². The molecule has 1 aromatic carbocycles. The van der Waals surface area contributed by atoms with E-state index in [4.69, 9.17) is 0 Å². The maximum Gasteiger partial charge on any atom is 0.243 e. The molecule has 0 fully saturated rings.